The van der Waals surface area contributed by atoms with Crippen LogP contribution in [0.3, 0.4) is 0 Å². The van der Waals surface area contributed by atoms with Crippen molar-refractivity contribution in [3.8, 4) is 5.75 Å². The van der Waals surface area contributed by atoms with Gasteiger partial charge in [-0.3, -0.25) is 9.59 Å². The van der Waals surface area contributed by atoms with Crippen LogP contribution >= 0.6 is 11.8 Å². The summed E-state index contributed by atoms with van der Waals surface area (Å²) in [5, 5.41) is -0.268. The molecule has 0 radical (unpaired) electrons. The highest BCUT2D eigenvalue weighted by Gasteiger charge is 2.36. The van der Waals surface area contributed by atoms with Gasteiger partial charge in [-0.25, -0.2) is 4.90 Å². The van der Waals surface area contributed by atoms with Gasteiger partial charge in [-0.15, -0.1) is 0 Å². The summed E-state index contributed by atoms with van der Waals surface area (Å²) in [5.74, 6) is 0.501. The van der Waals surface area contributed by atoms with Gasteiger partial charge in [0.1, 0.15) is 5.75 Å². The monoisotopic (exact) mass is 353 g/mol. The molecule has 1 aliphatic heterocycles. The van der Waals surface area contributed by atoms with Gasteiger partial charge in [-0.2, -0.15) is 0 Å². The molecule has 128 valence electrons. The van der Waals surface area contributed by atoms with E-state index in [0.29, 0.717) is 17.2 Å². The Hall–Kier alpha value is -2.53. The molecule has 0 spiro atoms. The second kappa shape index (κ2) is 7.15. The van der Waals surface area contributed by atoms with Crippen LogP contribution in [0.25, 0.3) is 6.08 Å². The Morgan fingerprint density at radius 2 is 1.80 bits per heavy atom. The van der Waals surface area contributed by atoms with Gasteiger partial charge in [0.15, 0.2) is 0 Å². The second-order valence-electron chi connectivity index (χ2n) is 5.81. The quantitative estimate of drug-likeness (QED) is 0.730. The Bertz CT molecular complexity index is 856. The predicted molar refractivity (Wildman–Crippen MR) is 102 cm³/mol. The first-order chi connectivity index (χ1) is 12.0. The Kier molecular flexibility index (Phi) is 4.95. The van der Waals surface area contributed by atoms with E-state index in [1.54, 1.807) is 6.08 Å². The zero-order valence-electron chi connectivity index (χ0n) is 14.4. The zero-order chi connectivity index (χ0) is 18.0. The largest absolute Gasteiger partial charge is 0.494 e. The van der Waals surface area contributed by atoms with Gasteiger partial charge in [-0.05, 0) is 73.5 Å². The average molecular weight is 353 g/mol. The third kappa shape index (κ3) is 3.61. The summed E-state index contributed by atoms with van der Waals surface area (Å²) in [6.07, 6.45) is 1.74. The lowest BCUT2D eigenvalue weighted by Gasteiger charge is -2.16. The fraction of sp³-hybridized carbons (Fsp3) is 0.200. The standard InChI is InChI=1S/C20H19NO3S/c1-4-24-16-9-7-15(8-10-16)12-18-19(22)21(20(23)25-18)17-11-13(2)5-6-14(17)3/h5-12H,4H2,1-3H3/b18-12-. The van der Waals surface area contributed by atoms with Crippen molar-refractivity contribution in [1.29, 1.82) is 0 Å². The number of imide groups is 1. The smallest absolute Gasteiger partial charge is 0.298 e. The lowest BCUT2D eigenvalue weighted by Crippen LogP contribution is -2.28. The van der Waals surface area contributed by atoms with E-state index in [2.05, 4.69) is 0 Å². The summed E-state index contributed by atoms with van der Waals surface area (Å²) in [5.41, 5.74) is 3.41. The van der Waals surface area contributed by atoms with E-state index in [0.717, 1.165) is 34.2 Å². The van der Waals surface area contributed by atoms with Gasteiger partial charge in [0, 0.05) is 0 Å². The number of benzene rings is 2. The number of nitrogens with zero attached hydrogens (tertiary/aromatic N) is 1. The van der Waals surface area contributed by atoms with Crippen LogP contribution in [0.4, 0.5) is 10.5 Å². The molecule has 0 atom stereocenters. The topological polar surface area (TPSA) is 46.6 Å². The Labute approximate surface area is 151 Å². The number of anilines is 1. The van der Waals surface area contributed by atoms with Crippen molar-refractivity contribution in [3.63, 3.8) is 0 Å². The van der Waals surface area contributed by atoms with Crippen molar-refractivity contribution >= 4 is 34.7 Å². The Balaban J connectivity index is 1.89. The molecule has 2 aromatic rings. The minimum atomic E-state index is -0.280. The van der Waals surface area contributed by atoms with E-state index in [4.69, 9.17) is 4.74 Å². The number of rotatable bonds is 4. The SMILES string of the molecule is CCOc1ccc(/C=C2\SC(=O)N(c3cc(C)ccc3C)C2=O)cc1. The number of carbonyl (C=O) groups excluding carboxylic acids is 2. The summed E-state index contributed by atoms with van der Waals surface area (Å²) in [4.78, 5) is 26.8. The maximum Gasteiger partial charge on any atom is 0.298 e. The van der Waals surface area contributed by atoms with Gasteiger partial charge in [-0.1, -0.05) is 24.3 Å². The molecule has 1 fully saturated rings. The molecule has 2 aromatic carbocycles. The number of ether oxygens (including phenoxy) is 1. The first-order valence-electron chi connectivity index (χ1n) is 8.07. The molecule has 0 aliphatic carbocycles. The predicted octanol–water partition coefficient (Wildman–Crippen LogP) is 4.94. The first kappa shape index (κ1) is 17.3. The summed E-state index contributed by atoms with van der Waals surface area (Å²) in [6, 6.07) is 13.2. The van der Waals surface area contributed by atoms with E-state index < -0.39 is 0 Å². The fourth-order valence-electron chi connectivity index (χ4n) is 2.61. The van der Waals surface area contributed by atoms with Crippen molar-refractivity contribution in [2.45, 2.75) is 20.8 Å². The van der Waals surface area contributed by atoms with E-state index in [-0.39, 0.29) is 11.1 Å². The van der Waals surface area contributed by atoms with E-state index in [1.165, 1.54) is 4.90 Å². The van der Waals surface area contributed by atoms with E-state index in [9.17, 15) is 9.59 Å². The van der Waals surface area contributed by atoms with Gasteiger partial charge in [0.05, 0.1) is 17.2 Å². The molecule has 4 nitrogen and oxygen atoms in total. The highest BCUT2D eigenvalue weighted by molar-refractivity contribution is 8.19. The molecule has 2 amide bonds. The van der Waals surface area contributed by atoms with Crippen LogP contribution in [0.15, 0.2) is 47.4 Å². The molecule has 1 saturated heterocycles. The lowest BCUT2D eigenvalue weighted by atomic mass is 10.1. The van der Waals surface area contributed by atoms with Crippen LogP contribution in [0.2, 0.25) is 0 Å². The number of aryl methyl sites for hydroxylation is 2. The zero-order valence-corrected chi connectivity index (χ0v) is 15.2. The summed E-state index contributed by atoms with van der Waals surface area (Å²) in [7, 11) is 0. The fourth-order valence-corrected chi connectivity index (χ4v) is 3.45. The molecule has 1 heterocycles. The van der Waals surface area contributed by atoms with Crippen LogP contribution < -0.4 is 9.64 Å². The highest BCUT2D eigenvalue weighted by Crippen LogP contribution is 2.37. The molecule has 1 aliphatic rings. The molecule has 0 bridgehead atoms. The molecule has 0 saturated carbocycles. The number of amides is 2. The molecular formula is C20H19NO3S. The van der Waals surface area contributed by atoms with Gasteiger partial charge < -0.3 is 4.74 Å². The molecule has 0 N–H and O–H groups in total. The molecule has 25 heavy (non-hydrogen) atoms. The number of hydrogen-bond acceptors (Lipinski definition) is 4. The number of carbonyl (C=O) groups is 2. The normalized spacial score (nSPS) is 16.0. The van der Waals surface area contributed by atoms with Crippen molar-refractivity contribution in [2.75, 3.05) is 11.5 Å². The summed E-state index contributed by atoms with van der Waals surface area (Å²) < 4.78 is 5.41. The lowest BCUT2D eigenvalue weighted by molar-refractivity contribution is -0.113. The number of hydrogen-bond donors (Lipinski definition) is 0. The van der Waals surface area contributed by atoms with Crippen molar-refractivity contribution in [1.82, 2.24) is 0 Å². The Morgan fingerprint density at radius 3 is 2.48 bits per heavy atom. The maximum absolute atomic E-state index is 12.7. The third-order valence-corrected chi connectivity index (χ3v) is 4.76. The molecule has 0 unspecified atom stereocenters. The average Bonchev–Trinajstić information content (AvgIpc) is 2.86. The third-order valence-electron chi connectivity index (χ3n) is 3.89. The van der Waals surface area contributed by atoms with Crippen LogP contribution in [0, 0.1) is 13.8 Å². The Morgan fingerprint density at radius 1 is 1.08 bits per heavy atom. The van der Waals surface area contributed by atoms with Crippen molar-refractivity contribution in [3.05, 3.63) is 64.1 Å². The summed E-state index contributed by atoms with van der Waals surface area (Å²) in [6.45, 7) is 6.37. The van der Waals surface area contributed by atoms with Crippen LogP contribution in [-0.4, -0.2) is 17.8 Å². The van der Waals surface area contributed by atoms with Crippen LogP contribution in [0.5, 0.6) is 5.75 Å². The first-order valence-corrected chi connectivity index (χ1v) is 8.89. The summed E-state index contributed by atoms with van der Waals surface area (Å²) >= 11 is 0.968. The van der Waals surface area contributed by atoms with Crippen molar-refractivity contribution < 1.29 is 14.3 Å². The molecule has 5 heteroatoms. The molecule has 0 aromatic heterocycles. The van der Waals surface area contributed by atoms with Crippen LogP contribution in [0.1, 0.15) is 23.6 Å². The van der Waals surface area contributed by atoms with Gasteiger partial charge in [0.2, 0.25) is 0 Å². The minimum Gasteiger partial charge on any atom is -0.494 e. The molecule has 3 rings (SSSR count). The van der Waals surface area contributed by atoms with E-state index >= 15 is 0 Å². The van der Waals surface area contributed by atoms with Crippen molar-refractivity contribution in [2.24, 2.45) is 0 Å². The number of thioether (sulfide) groups is 1. The van der Waals surface area contributed by atoms with Gasteiger partial charge in [0.25, 0.3) is 11.1 Å². The van der Waals surface area contributed by atoms with Gasteiger partial charge >= 0.3 is 0 Å². The minimum absolute atomic E-state index is 0.268. The maximum atomic E-state index is 12.7. The van der Waals surface area contributed by atoms with E-state index in [1.807, 2.05) is 63.2 Å². The highest BCUT2D eigenvalue weighted by atomic mass is 32.2. The molecular weight excluding hydrogens is 334 g/mol. The second-order valence-corrected chi connectivity index (χ2v) is 6.80. The van der Waals surface area contributed by atoms with Crippen LogP contribution in [-0.2, 0) is 4.79 Å².